The Labute approximate surface area is 113 Å². The standard InChI is InChI=1S/C11H15N5O4/c12-15-9-5-1-2-16(10(5)14-4-13-9)11-8(19)7(18)6(3-17)20-11/h1-2,4,6-8,11,17-19H,3,12H2,(H,13,14,15)/t6-,7-,8-,11?/m1/s1. The van der Waals surface area contributed by atoms with Gasteiger partial charge in [0.2, 0.25) is 0 Å². The minimum Gasteiger partial charge on any atom is -0.394 e. The van der Waals surface area contributed by atoms with Crippen LogP contribution in [-0.4, -0.2) is 54.8 Å². The van der Waals surface area contributed by atoms with Crippen molar-refractivity contribution in [2.24, 2.45) is 5.84 Å². The van der Waals surface area contributed by atoms with Crippen molar-refractivity contribution in [1.82, 2.24) is 14.5 Å². The topological polar surface area (TPSA) is 139 Å². The molecule has 0 amide bonds. The molecule has 6 N–H and O–H groups in total. The molecule has 3 rings (SSSR count). The molecular weight excluding hydrogens is 266 g/mol. The highest BCUT2D eigenvalue weighted by Crippen LogP contribution is 2.32. The number of fused-ring (bicyclic) bond motifs is 1. The number of nitrogens with one attached hydrogen (secondary N) is 1. The third-order valence-electron chi connectivity index (χ3n) is 3.44. The van der Waals surface area contributed by atoms with E-state index in [0.717, 1.165) is 0 Å². The van der Waals surface area contributed by atoms with Crippen LogP contribution in [0.25, 0.3) is 11.0 Å². The predicted octanol–water partition coefficient (Wildman–Crippen LogP) is -1.67. The first-order valence-electron chi connectivity index (χ1n) is 6.08. The van der Waals surface area contributed by atoms with Crippen molar-refractivity contribution in [2.45, 2.75) is 24.5 Å². The van der Waals surface area contributed by atoms with E-state index >= 15 is 0 Å². The predicted molar refractivity (Wildman–Crippen MR) is 68.3 cm³/mol. The normalized spacial score (nSPS) is 30.0. The van der Waals surface area contributed by atoms with E-state index in [-0.39, 0.29) is 6.61 Å². The number of nitrogens with zero attached hydrogens (tertiary/aromatic N) is 3. The number of aliphatic hydroxyl groups is 3. The van der Waals surface area contributed by atoms with Gasteiger partial charge in [-0.1, -0.05) is 0 Å². The smallest absolute Gasteiger partial charge is 0.164 e. The second kappa shape index (κ2) is 4.96. The van der Waals surface area contributed by atoms with E-state index in [2.05, 4.69) is 15.4 Å². The average Bonchev–Trinajstić information content (AvgIpc) is 3.01. The van der Waals surface area contributed by atoms with Crippen LogP contribution in [0.4, 0.5) is 5.82 Å². The quantitative estimate of drug-likeness (QED) is 0.332. The van der Waals surface area contributed by atoms with Crippen molar-refractivity contribution < 1.29 is 20.1 Å². The first-order valence-corrected chi connectivity index (χ1v) is 6.08. The SMILES string of the molecule is NNc1ncnc2c1ccn2C1O[C@H](CO)[C@@H](O)[C@H]1O. The Morgan fingerprint density at radius 1 is 1.35 bits per heavy atom. The summed E-state index contributed by atoms with van der Waals surface area (Å²) >= 11 is 0. The lowest BCUT2D eigenvalue weighted by Gasteiger charge is -2.17. The van der Waals surface area contributed by atoms with Gasteiger partial charge in [0.1, 0.15) is 30.3 Å². The van der Waals surface area contributed by atoms with E-state index in [1.807, 2.05) is 0 Å². The second-order valence-electron chi connectivity index (χ2n) is 4.56. The largest absolute Gasteiger partial charge is 0.394 e. The molecule has 1 saturated heterocycles. The van der Waals surface area contributed by atoms with Gasteiger partial charge in [-0.2, -0.15) is 0 Å². The van der Waals surface area contributed by atoms with Crippen LogP contribution in [0.5, 0.6) is 0 Å². The van der Waals surface area contributed by atoms with Gasteiger partial charge in [-0.05, 0) is 6.07 Å². The molecule has 2 aromatic rings. The number of ether oxygens (including phenoxy) is 1. The van der Waals surface area contributed by atoms with Gasteiger partial charge in [0.15, 0.2) is 12.0 Å². The maximum Gasteiger partial charge on any atom is 0.164 e. The highest BCUT2D eigenvalue weighted by molar-refractivity contribution is 5.87. The van der Waals surface area contributed by atoms with E-state index in [0.29, 0.717) is 16.9 Å². The Kier molecular flexibility index (Phi) is 3.28. The van der Waals surface area contributed by atoms with Crippen molar-refractivity contribution in [2.75, 3.05) is 12.0 Å². The molecule has 2 aromatic heterocycles. The fourth-order valence-corrected chi connectivity index (χ4v) is 2.40. The highest BCUT2D eigenvalue weighted by atomic mass is 16.6. The summed E-state index contributed by atoms with van der Waals surface area (Å²) in [6.07, 6.45) is -1.000. The fraction of sp³-hybridized carbons (Fsp3) is 0.455. The summed E-state index contributed by atoms with van der Waals surface area (Å²) in [5.74, 6) is 5.81. The van der Waals surface area contributed by atoms with E-state index in [1.54, 1.807) is 16.8 Å². The van der Waals surface area contributed by atoms with Gasteiger partial charge in [0, 0.05) is 6.20 Å². The molecule has 0 radical (unpaired) electrons. The van der Waals surface area contributed by atoms with Crippen molar-refractivity contribution in [3.8, 4) is 0 Å². The van der Waals surface area contributed by atoms with Crippen LogP contribution >= 0.6 is 0 Å². The molecular formula is C11H15N5O4. The maximum atomic E-state index is 10.0. The van der Waals surface area contributed by atoms with Crippen LogP contribution in [-0.2, 0) is 4.74 Å². The zero-order valence-corrected chi connectivity index (χ0v) is 10.4. The number of rotatable bonds is 3. The highest BCUT2D eigenvalue weighted by Gasteiger charge is 2.43. The van der Waals surface area contributed by atoms with Crippen molar-refractivity contribution in [3.05, 3.63) is 18.6 Å². The van der Waals surface area contributed by atoms with Gasteiger partial charge < -0.3 is 30.0 Å². The zero-order chi connectivity index (χ0) is 14.3. The summed E-state index contributed by atoms with van der Waals surface area (Å²) in [6.45, 7) is -0.376. The van der Waals surface area contributed by atoms with Gasteiger partial charge in [0.05, 0.1) is 12.0 Å². The van der Waals surface area contributed by atoms with Gasteiger partial charge in [-0.25, -0.2) is 15.8 Å². The molecule has 0 spiro atoms. The fourth-order valence-electron chi connectivity index (χ4n) is 2.40. The number of anilines is 1. The summed E-state index contributed by atoms with van der Waals surface area (Å²) in [7, 11) is 0. The Balaban J connectivity index is 2.03. The summed E-state index contributed by atoms with van der Waals surface area (Å²) in [5.41, 5.74) is 2.96. The van der Waals surface area contributed by atoms with Crippen LogP contribution in [0.2, 0.25) is 0 Å². The molecule has 9 heteroatoms. The average molecular weight is 281 g/mol. The monoisotopic (exact) mass is 281 g/mol. The van der Waals surface area contributed by atoms with Gasteiger partial charge in [-0.15, -0.1) is 0 Å². The van der Waals surface area contributed by atoms with E-state index in [9.17, 15) is 10.2 Å². The molecule has 3 heterocycles. The third kappa shape index (κ3) is 1.84. The zero-order valence-electron chi connectivity index (χ0n) is 10.4. The molecule has 0 aromatic carbocycles. The molecule has 1 unspecified atom stereocenters. The Morgan fingerprint density at radius 3 is 2.80 bits per heavy atom. The van der Waals surface area contributed by atoms with Crippen molar-refractivity contribution >= 4 is 16.9 Å². The van der Waals surface area contributed by atoms with E-state index < -0.39 is 24.5 Å². The number of nitrogens with two attached hydrogens (primary N) is 1. The summed E-state index contributed by atoms with van der Waals surface area (Å²) in [5, 5.41) is 29.6. The molecule has 0 saturated carbocycles. The number of nitrogen functional groups attached to an aromatic ring is 1. The van der Waals surface area contributed by atoms with Crippen molar-refractivity contribution in [1.29, 1.82) is 0 Å². The molecule has 4 atom stereocenters. The maximum absolute atomic E-state index is 10.0. The molecule has 0 bridgehead atoms. The minimum absolute atomic E-state index is 0.376. The van der Waals surface area contributed by atoms with Crippen LogP contribution in [0.15, 0.2) is 18.6 Å². The van der Waals surface area contributed by atoms with E-state index in [1.165, 1.54) is 6.33 Å². The number of aromatic nitrogens is 3. The van der Waals surface area contributed by atoms with Crippen LogP contribution in [0.1, 0.15) is 6.23 Å². The van der Waals surface area contributed by atoms with E-state index in [4.69, 9.17) is 15.7 Å². The molecule has 1 aliphatic rings. The minimum atomic E-state index is -1.16. The van der Waals surface area contributed by atoms with Gasteiger partial charge >= 0.3 is 0 Å². The lowest BCUT2D eigenvalue weighted by Crippen LogP contribution is -2.33. The van der Waals surface area contributed by atoms with Gasteiger partial charge in [0.25, 0.3) is 0 Å². The van der Waals surface area contributed by atoms with Crippen molar-refractivity contribution in [3.63, 3.8) is 0 Å². The Morgan fingerprint density at radius 2 is 2.15 bits per heavy atom. The summed E-state index contributed by atoms with van der Waals surface area (Å²) < 4.78 is 7.03. The second-order valence-corrected chi connectivity index (χ2v) is 4.56. The lowest BCUT2D eigenvalue weighted by molar-refractivity contribution is -0.0508. The van der Waals surface area contributed by atoms with Gasteiger partial charge in [-0.3, -0.25) is 0 Å². The number of hydrogen-bond acceptors (Lipinski definition) is 8. The first kappa shape index (κ1) is 13.2. The van der Waals surface area contributed by atoms with Crippen LogP contribution < -0.4 is 11.3 Å². The molecule has 108 valence electrons. The summed E-state index contributed by atoms with van der Waals surface area (Å²) in [6, 6.07) is 1.72. The molecule has 20 heavy (non-hydrogen) atoms. The third-order valence-corrected chi connectivity index (χ3v) is 3.44. The van der Waals surface area contributed by atoms with Crippen LogP contribution in [0.3, 0.4) is 0 Å². The number of hydrogen-bond donors (Lipinski definition) is 5. The van der Waals surface area contributed by atoms with Crippen LogP contribution in [0, 0.1) is 0 Å². The summed E-state index contributed by atoms with van der Waals surface area (Å²) in [4.78, 5) is 8.10. The Bertz CT molecular complexity index is 618. The molecule has 1 aliphatic heterocycles. The number of aliphatic hydroxyl groups excluding tert-OH is 3. The Hall–Kier alpha value is -1.78. The molecule has 1 fully saturated rings. The number of hydrazine groups is 1. The first-order chi connectivity index (χ1) is 9.67. The lowest BCUT2D eigenvalue weighted by atomic mass is 10.1. The molecule has 0 aliphatic carbocycles. The molecule has 9 nitrogen and oxygen atoms in total.